The van der Waals surface area contributed by atoms with E-state index < -0.39 is 0 Å². The number of furan rings is 1. The molecule has 0 bridgehead atoms. The van der Waals surface area contributed by atoms with Gasteiger partial charge in [0.25, 0.3) is 0 Å². The Balaban J connectivity index is 1.23. The highest BCUT2D eigenvalue weighted by molar-refractivity contribution is 5.78. The van der Waals surface area contributed by atoms with E-state index in [9.17, 15) is 4.79 Å². The molecular formula is C27H30N6O3. The predicted molar refractivity (Wildman–Crippen MR) is 135 cm³/mol. The Kier molecular flexibility index (Phi) is 7.14. The fourth-order valence-electron chi connectivity index (χ4n) is 4.64. The lowest BCUT2D eigenvalue weighted by Crippen LogP contribution is -2.35. The van der Waals surface area contributed by atoms with E-state index in [1.807, 2.05) is 43.3 Å². The lowest BCUT2D eigenvalue weighted by molar-refractivity contribution is -0.131. The molecule has 2 aliphatic heterocycles. The monoisotopic (exact) mass is 486 g/mol. The van der Waals surface area contributed by atoms with Crippen LogP contribution < -0.4 is 10.1 Å². The minimum Gasteiger partial charge on any atom is -0.492 e. The third-order valence-corrected chi connectivity index (χ3v) is 6.66. The van der Waals surface area contributed by atoms with Crippen molar-refractivity contribution in [2.75, 3.05) is 38.1 Å². The Labute approximate surface area is 210 Å². The molecule has 4 heterocycles. The van der Waals surface area contributed by atoms with Gasteiger partial charge in [-0.15, -0.1) is 0 Å². The number of rotatable bonds is 8. The number of hydrogen-bond acceptors (Lipinski definition) is 8. The van der Waals surface area contributed by atoms with Crippen LogP contribution in [0.1, 0.15) is 36.1 Å². The van der Waals surface area contributed by atoms with Gasteiger partial charge in [-0.05, 0) is 80.7 Å². The van der Waals surface area contributed by atoms with Crippen molar-refractivity contribution in [3.05, 3.63) is 53.4 Å². The molecule has 2 aliphatic rings. The largest absolute Gasteiger partial charge is 0.492 e. The van der Waals surface area contributed by atoms with Crippen molar-refractivity contribution in [1.29, 1.82) is 5.26 Å². The summed E-state index contributed by atoms with van der Waals surface area (Å²) in [6.45, 7) is 6.89. The van der Waals surface area contributed by atoms with Gasteiger partial charge < -0.3 is 19.4 Å². The van der Waals surface area contributed by atoms with Crippen LogP contribution in [0, 0.1) is 18.3 Å². The quantitative estimate of drug-likeness (QED) is 0.508. The fourth-order valence-corrected chi connectivity index (χ4v) is 4.64. The number of aromatic nitrogens is 2. The maximum atomic E-state index is 12.1. The maximum absolute atomic E-state index is 12.1. The summed E-state index contributed by atoms with van der Waals surface area (Å²) in [7, 11) is 0. The highest BCUT2D eigenvalue weighted by atomic mass is 16.5. The van der Waals surface area contributed by atoms with Crippen LogP contribution in [0.4, 0.5) is 11.6 Å². The van der Waals surface area contributed by atoms with Crippen molar-refractivity contribution in [2.45, 2.75) is 39.2 Å². The van der Waals surface area contributed by atoms with Crippen molar-refractivity contribution in [1.82, 2.24) is 19.8 Å². The summed E-state index contributed by atoms with van der Waals surface area (Å²) in [6.07, 6.45) is 4.92. The lowest BCUT2D eigenvalue weighted by Gasteiger charge is -2.25. The van der Waals surface area contributed by atoms with Crippen LogP contribution >= 0.6 is 0 Å². The number of nitriles is 1. The summed E-state index contributed by atoms with van der Waals surface area (Å²) in [5.74, 6) is 2.54. The standard InChI is InChI=1S/C27H30N6O3/c1-19-17-29-27(30-21-4-6-22(7-5-21)35-15-14-32-11-2-3-12-32)31-26(19)23-16-20-9-13-33(18-24(20)36-23)25(34)8-10-28/h4-7,16-17H,2-3,8-9,11-15,18H2,1H3,(H,29,30,31). The SMILES string of the molecule is Cc1cnc(Nc2ccc(OCCN3CCCC3)cc2)nc1-c1cc2c(o1)CN(C(=O)CC#N)CC2. The van der Waals surface area contributed by atoms with Gasteiger partial charge in [0.05, 0.1) is 12.6 Å². The highest BCUT2D eigenvalue weighted by Crippen LogP contribution is 2.31. The van der Waals surface area contributed by atoms with E-state index in [0.29, 0.717) is 43.5 Å². The van der Waals surface area contributed by atoms with Crippen molar-refractivity contribution < 1.29 is 13.9 Å². The number of hydrogen-bond donors (Lipinski definition) is 1. The second-order valence-electron chi connectivity index (χ2n) is 9.23. The van der Waals surface area contributed by atoms with Gasteiger partial charge in [0.2, 0.25) is 11.9 Å². The van der Waals surface area contributed by atoms with Crippen molar-refractivity contribution in [3.8, 4) is 23.3 Å². The van der Waals surface area contributed by atoms with E-state index in [2.05, 4.69) is 15.2 Å². The number of benzene rings is 1. The molecule has 1 saturated heterocycles. The van der Waals surface area contributed by atoms with Gasteiger partial charge in [-0.2, -0.15) is 5.26 Å². The Bertz CT molecular complexity index is 1260. The van der Waals surface area contributed by atoms with Crippen LogP contribution in [0.15, 0.2) is 40.9 Å². The molecule has 186 valence electrons. The molecule has 3 aromatic rings. The van der Waals surface area contributed by atoms with Gasteiger partial charge in [-0.1, -0.05) is 0 Å². The van der Waals surface area contributed by atoms with Crippen LogP contribution in [0.25, 0.3) is 11.5 Å². The van der Waals surface area contributed by atoms with E-state index in [1.54, 1.807) is 11.1 Å². The van der Waals surface area contributed by atoms with Gasteiger partial charge in [-0.3, -0.25) is 9.69 Å². The molecule has 9 heteroatoms. The summed E-state index contributed by atoms with van der Waals surface area (Å²) in [4.78, 5) is 25.3. The van der Waals surface area contributed by atoms with E-state index in [-0.39, 0.29) is 12.3 Å². The van der Waals surface area contributed by atoms with Gasteiger partial charge in [0, 0.05) is 25.0 Å². The Morgan fingerprint density at radius 1 is 1.22 bits per heavy atom. The van der Waals surface area contributed by atoms with Gasteiger partial charge in [0.15, 0.2) is 5.76 Å². The molecule has 1 aromatic carbocycles. The minimum absolute atomic E-state index is 0.116. The molecule has 0 radical (unpaired) electrons. The molecule has 0 unspecified atom stereocenters. The number of ether oxygens (including phenoxy) is 1. The van der Waals surface area contributed by atoms with E-state index in [0.717, 1.165) is 34.9 Å². The molecule has 0 spiro atoms. The van der Waals surface area contributed by atoms with Crippen LogP contribution in [0.5, 0.6) is 5.75 Å². The average molecular weight is 487 g/mol. The van der Waals surface area contributed by atoms with Crippen molar-refractivity contribution >= 4 is 17.5 Å². The van der Waals surface area contributed by atoms with Crippen LogP contribution in [-0.2, 0) is 17.8 Å². The number of likely N-dealkylation sites (tertiary alicyclic amines) is 1. The first-order chi connectivity index (χ1) is 17.6. The first-order valence-electron chi connectivity index (χ1n) is 12.4. The summed E-state index contributed by atoms with van der Waals surface area (Å²) in [6, 6.07) is 11.7. The van der Waals surface area contributed by atoms with Gasteiger partial charge in [0.1, 0.15) is 30.2 Å². The van der Waals surface area contributed by atoms with Crippen LogP contribution in [0.2, 0.25) is 0 Å². The number of aryl methyl sites for hydroxylation is 1. The van der Waals surface area contributed by atoms with Crippen LogP contribution in [0.3, 0.4) is 0 Å². The molecule has 0 atom stereocenters. The molecule has 0 saturated carbocycles. The Morgan fingerprint density at radius 3 is 2.81 bits per heavy atom. The number of carbonyl (C=O) groups is 1. The molecule has 5 rings (SSSR count). The third kappa shape index (κ3) is 5.50. The van der Waals surface area contributed by atoms with Gasteiger partial charge in [-0.25, -0.2) is 9.97 Å². The second-order valence-corrected chi connectivity index (χ2v) is 9.23. The second kappa shape index (κ2) is 10.8. The van der Waals surface area contributed by atoms with E-state index in [4.69, 9.17) is 19.4 Å². The molecule has 9 nitrogen and oxygen atoms in total. The zero-order chi connectivity index (χ0) is 24.9. The number of nitrogens with zero attached hydrogens (tertiary/aromatic N) is 5. The molecule has 0 aliphatic carbocycles. The van der Waals surface area contributed by atoms with E-state index >= 15 is 0 Å². The third-order valence-electron chi connectivity index (χ3n) is 6.66. The zero-order valence-corrected chi connectivity index (χ0v) is 20.5. The van der Waals surface area contributed by atoms with Crippen LogP contribution in [-0.4, -0.2) is 58.5 Å². The number of nitrogens with one attached hydrogen (secondary N) is 1. The summed E-state index contributed by atoms with van der Waals surface area (Å²) in [5, 5.41) is 12.1. The topological polar surface area (TPSA) is 108 Å². The summed E-state index contributed by atoms with van der Waals surface area (Å²) in [5.41, 5.74) is 3.53. The minimum atomic E-state index is -0.172. The summed E-state index contributed by atoms with van der Waals surface area (Å²) < 4.78 is 12.0. The highest BCUT2D eigenvalue weighted by Gasteiger charge is 2.25. The molecule has 1 N–H and O–H groups in total. The first kappa shape index (κ1) is 23.8. The Morgan fingerprint density at radius 2 is 2.03 bits per heavy atom. The van der Waals surface area contributed by atoms with Gasteiger partial charge >= 0.3 is 0 Å². The number of anilines is 2. The molecular weight excluding hydrogens is 456 g/mol. The molecule has 36 heavy (non-hydrogen) atoms. The molecule has 1 amide bonds. The fraction of sp³-hybridized carbons (Fsp3) is 0.407. The normalized spacial score (nSPS) is 15.4. The predicted octanol–water partition coefficient (Wildman–Crippen LogP) is 4.06. The zero-order valence-electron chi connectivity index (χ0n) is 20.5. The number of amides is 1. The van der Waals surface area contributed by atoms with E-state index in [1.165, 1.54) is 25.9 Å². The maximum Gasteiger partial charge on any atom is 0.237 e. The number of carbonyl (C=O) groups excluding carboxylic acids is 1. The molecule has 2 aromatic heterocycles. The van der Waals surface area contributed by atoms with Crippen molar-refractivity contribution in [3.63, 3.8) is 0 Å². The number of fused-ring (bicyclic) bond motifs is 1. The summed E-state index contributed by atoms with van der Waals surface area (Å²) >= 11 is 0. The average Bonchev–Trinajstić information content (AvgIpc) is 3.56. The lowest BCUT2D eigenvalue weighted by atomic mass is 10.1. The smallest absolute Gasteiger partial charge is 0.237 e. The first-order valence-corrected chi connectivity index (χ1v) is 12.4. The van der Waals surface area contributed by atoms with Crippen molar-refractivity contribution in [2.24, 2.45) is 0 Å². The molecule has 1 fully saturated rings. The Hall–Kier alpha value is -3.90.